The second-order valence-corrected chi connectivity index (χ2v) is 7.91. The van der Waals surface area contributed by atoms with Gasteiger partial charge in [-0.3, -0.25) is 0 Å². The second kappa shape index (κ2) is 8.35. The van der Waals surface area contributed by atoms with Gasteiger partial charge in [0.15, 0.2) is 5.65 Å². The molecule has 2 aromatic heterocycles. The van der Waals surface area contributed by atoms with Crippen molar-refractivity contribution in [3.63, 3.8) is 0 Å². The van der Waals surface area contributed by atoms with E-state index >= 15 is 0 Å². The minimum atomic E-state index is -0.247. The Morgan fingerprint density at radius 1 is 1.16 bits per heavy atom. The fourth-order valence-electron chi connectivity index (χ4n) is 3.63. The Morgan fingerprint density at radius 3 is 2.74 bits per heavy atom. The first-order chi connectivity index (χ1) is 15.2. The van der Waals surface area contributed by atoms with Gasteiger partial charge in [-0.25, -0.2) is 13.9 Å². The average Bonchev–Trinajstić information content (AvgIpc) is 3.16. The molecule has 1 saturated heterocycles. The van der Waals surface area contributed by atoms with E-state index in [9.17, 15) is 4.39 Å². The molecule has 158 valence electrons. The van der Waals surface area contributed by atoms with Crippen LogP contribution in [-0.4, -0.2) is 34.3 Å². The molecule has 1 aliphatic rings. The summed E-state index contributed by atoms with van der Waals surface area (Å²) in [7, 11) is 0. The normalized spacial score (nSPS) is 14.9. The topological polar surface area (TPSA) is 63.5 Å². The van der Waals surface area contributed by atoms with E-state index in [1.807, 2.05) is 60.1 Å². The number of hydrogen-bond donors (Lipinski definition) is 2. The molecular weight excluding hydrogens is 393 g/mol. The monoisotopic (exact) mass is 417 g/mol. The Labute approximate surface area is 180 Å². The molecule has 0 saturated carbocycles. The van der Waals surface area contributed by atoms with E-state index in [1.54, 1.807) is 6.07 Å². The Kier molecular flexibility index (Phi) is 5.26. The summed E-state index contributed by atoms with van der Waals surface area (Å²) < 4.78 is 21.2. The largest absolute Gasteiger partial charge is 0.493 e. The highest BCUT2D eigenvalue weighted by Gasteiger charge is 2.17. The SMILES string of the molecule is C[C@@H](Nc1ccc2ncc(-c3ccc(OCC4CNC4)cc3)n2n1)c1cccc(F)c1. The lowest BCUT2D eigenvalue weighted by molar-refractivity contribution is 0.199. The van der Waals surface area contributed by atoms with Crippen molar-refractivity contribution in [2.45, 2.75) is 13.0 Å². The molecule has 2 N–H and O–H groups in total. The summed E-state index contributed by atoms with van der Waals surface area (Å²) in [5, 5.41) is 11.3. The van der Waals surface area contributed by atoms with E-state index in [0.717, 1.165) is 47.9 Å². The Balaban J connectivity index is 1.35. The van der Waals surface area contributed by atoms with Crippen LogP contribution in [0.15, 0.2) is 66.9 Å². The molecule has 0 radical (unpaired) electrons. The number of imidazole rings is 1. The van der Waals surface area contributed by atoms with E-state index in [-0.39, 0.29) is 11.9 Å². The highest BCUT2D eigenvalue weighted by molar-refractivity contribution is 5.64. The Hall–Kier alpha value is -3.45. The third-order valence-corrected chi connectivity index (χ3v) is 5.58. The summed E-state index contributed by atoms with van der Waals surface area (Å²) in [6.07, 6.45) is 1.82. The molecule has 4 aromatic rings. The lowest BCUT2D eigenvalue weighted by atomic mass is 10.1. The van der Waals surface area contributed by atoms with Crippen LogP contribution in [0.4, 0.5) is 10.2 Å². The van der Waals surface area contributed by atoms with Crippen molar-refractivity contribution < 1.29 is 9.13 Å². The molecular formula is C24H24FN5O. The maximum Gasteiger partial charge on any atom is 0.154 e. The predicted molar refractivity (Wildman–Crippen MR) is 119 cm³/mol. The minimum Gasteiger partial charge on any atom is -0.493 e. The van der Waals surface area contributed by atoms with Crippen molar-refractivity contribution in [1.29, 1.82) is 0 Å². The number of anilines is 1. The van der Waals surface area contributed by atoms with Crippen LogP contribution in [0.3, 0.4) is 0 Å². The molecule has 0 spiro atoms. The molecule has 0 unspecified atom stereocenters. The van der Waals surface area contributed by atoms with Crippen molar-refractivity contribution in [2.24, 2.45) is 5.92 Å². The van der Waals surface area contributed by atoms with Crippen LogP contribution in [0.25, 0.3) is 16.9 Å². The van der Waals surface area contributed by atoms with Crippen molar-refractivity contribution >= 4 is 11.5 Å². The van der Waals surface area contributed by atoms with Gasteiger partial charge in [0, 0.05) is 24.6 Å². The zero-order valence-electron chi connectivity index (χ0n) is 17.3. The third kappa shape index (κ3) is 4.22. The van der Waals surface area contributed by atoms with Gasteiger partial charge in [0.1, 0.15) is 17.4 Å². The summed E-state index contributed by atoms with van der Waals surface area (Å²) >= 11 is 0. The number of fused-ring (bicyclic) bond motifs is 1. The van der Waals surface area contributed by atoms with E-state index in [2.05, 4.69) is 15.6 Å². The van der Waals surface area contributed by atoms with Gasteiger partial charge in [-0.05, 0) is 61.0 Å². The number of hydrogen-bond acceptors (Lipinski definition) is 5. The van der Waals surface area contributed by atoms with Crippen LogP contribution in [0.5, 0.6) is 5.75 Å². The molecule has 2 aromatic carbocycles. The van der Waals surface area contributed by atoms with Gasteiger partial charge in [0.2, 0.25) is 0 Å². The molecule has 5 rings (SSSR count). The van der Waals surface area contributed by atoms with E-state index in [1.165, 1.54) is 12.1 Å². The fourth-order valence-corrected chi connectivity index (χ4v) is 3.63. The highest BCUT2D eigenvalue weighted by Crippen LogP contribution is 2.25. The number of ether oxygens (including phenoxy) is 1. The highest BCUT2D eigenvalue weighted by atomic mass is 19.1. The zero-order chi connectivity index (χ0) is 21.2. The van der Waals surface area contributed by atoms with Gasteiger partial charge in [0.05, 0.1) is 24.5 Å². The number of aromatic nitrogens is 3. The van der Waals surface area contributed by atoms with Gasteiger partial charge in [-0.1, -0.05) is 12.1 Å². The Morgan fingerprint density at radius 2 is 2.00 bits per heavy atom. The maximum atomic E-state index is 13.5. The lowest BCUT2D eigenvalue weighted by Gasteiger charge is -2.26. The number of benzene rings is 2. The molecule has 0 amide bonds. The first kappa shape index (κ1) is 19.5. The standard InChI is InChI=1S/C24H24FN5O/c1-16(19-3-2-4-20(25)11-19)28-23-9-10-24-27-14-22(30(24)29-23)18-5-7-21(8-6-18)31-15-17-12-26-13-17/h2-11,14,16-17,26H,12-13,15H2,1H3,(H,28,29)/t16-/m1/s1. The van der Waals surface area contributed by atoms with Crippen LogP contribution >= 0.6 is 0 Å². The van der Waals surface area contributed by atoms with E-state index in [4.69, 9.17) is 9.84 Å². The summed E-state index contributed by atoms with van der Waals surface area (Å²) in [6.45, 7) is 4.77. The van der Waals surface area contributed by atoms with Crippen molar-refractivity contribution in [3.8, 4) is 17.0 Å². The van der Waals surface area contributed by atoms with Gasteiger partial charge in [0.25, 0.3) is 0 Å². The van der Waals surface area contributed by atoms with Gasteiger partial charge < -0.3 is 15.4 Å². The van der Waals surface area contributed by atoms with Gasteiger partial charge in [-0.15, -0.1) is 5.10 Å². The molecule has 7 heteroatoms. The van der Waals surface area contributed by atoms with Crippen molar-refractivity contribution in [1.82, 2.24) is 19.9 Å². The summed E-state index contributed by atoms with van der Waals surface area (Å²) in [5.74, 6) is 1.91. The molecule has 1 fully saturated rings. The molecule has 3 heterocycles. The quantitative estimate of drug-likeness (QED) is 0.469. The first-order valence-electron chi connectivity index (χ1n) is 10.5. The van der Waals surface area contributed by atoms with Crippen LogP contribution < -0.4 is 15.4 Å². The smallest absolute Gasteiger partial charge is 0.154 e. The molecule has 31 heavy (non-hydrogen) atoms. The van der Waals surface area contributed by atoms with Crippen LogP contribution in [0, 0.1) is 11.7 Å². The minimum absolute atomic E-state index is 0.0880. The van der Waals surface area contributed by atoms with Gasteiger partial charge in [-0.2, -0.15) is 0 Å². The Bertz CT molecular complexity index is 1190. The number of nitrogens with one attached hydrogen (secondary N) is 2. The van der Waals surface area contributed by atoms with Crippen molar-refractivity contribution in [3.05, 3.63) is 78.2 Å². The molecule has 0 bridgehead atoms. The molecule has 0 aliphatic carbocycles. The summed E-state index contributed by atoms with van der Waals surface area (Å²) in [4.78, 5) is 4.47. The van der Waals surface area contributed by atoms with Gasteiger partial charge >= 0.3 is 0 Å². The van der Waals surface area contributed by atoms with Crippen LogP contribution in [0.2, 0.25) is 0 Å². The van der Waals surface area contributed by atoms with Crippen LogP contribution in [-0.2, 0) is 0 Å². The van der Waals surface area contributed by atoms with E-state index in [0.29, 0.717) is 11.7 Å². The van der Waals surface area contributed by atoms with E-state index < -0.39 is 0 Å². The predicted octanol–water partition coefficient (Wildman–Crippen LogP) is 4.31. The number of rotatable bonds is 7. The van der Waals surface area contributed by atoms with Crippen LogP contribution in [0.1, 0.15) is 18.5 Å². The first-order valence-corrected chi connectivity index (χ1v) is 10.5. The molecule has 1 aliphatic heterocycles. The number of nitrogens with zero attached hydrogens (tertiary/aromatic N) is 3. The lowest BCUT2D eigenvalue weighted by Crippen LogP contribution is -2.45. The second-order valence-electron chi connectivity index (χ2n) is 7.91. The van der Waals surface area contributed by atoms with Crippen molar-refractivity contribution in [2.75, 3.05) is 25.0 Å². The molecule has 1 atom stereocenters. The summed E-state index contributed by atoms with van der Waals surface area (Å²) in [5.41, 5.74) is 3.53. The molecule has 6 nitrogen and oxygen atoms in total. The fraction of sp³-hybridized carbons (Fsp3) is 0.250. The average molecular weight is 417 g/mol. The number of halogens is 1. The summed E-state index contributed by atoms with van der Waals surface area (Å²) in [6, 6.07) is 18.3. The maximum absolute atomic E-state index is 13.5. The zero-order valence-corrected chi connectivity index (χ0v) is 17.3. The third-order valence-electron chi connectivity index (χ3n) is 5.58.